The molecule has 0 spiro atoms. The van der Waals surface area contributed by atoms with Crippen molar-refractivity contribution in [1.29, 1.82) is 0 Å². The number of benzene rings is 1. The van der Waals surface area contributed by atoms with E-state index in [1.807, 2.05) is 0 Å². The fraction of sp³-hybridized carbons (Fsp3) is 0.571. The summed E-state index contributed by atoms with van der Waals surface area (Å²) in [6, 6.07) is 4.38. The second-order valence-corrected chi connectivity index (χ2v) is 5.27. The van der Waals surface area contributed by atoms with Gasteiger partial charge in [-0.05, 0) is 44.2 Å². The molecule has 1 fully saturated rings. The van der Waals surface area contributed by atoms with Gasteiger partial charge in [-0.15, -0.1) is 0 Å². The third-order valence-corrected chi connectivity index (χ3v) is 3.67. The predicted molar refractivity (Wildman–Crippen MR) is 71.2 cm³/mol. The third-order valence-electron chi connectivity index (χ3n) is 3.44. The van der Waals surface area contributed by atoms with Crippen LogP contribution in [0.25, 0.3) is 0 Å². The highest BCUT2D eigenvalue weighted by atomic mass is 35.5. The molecular weight excluding hydrogens is 253 g/mol. The molecule has 1 aliphatic heterocycles. The lowest BCUT2D eigenvalue weighted by atomic mass is 9.97. The van der Waals surface area contributed by atoms with Crippen LogP contribution in [0.2, 0.25) is 5.02 Å². The molecule has 0 bridgehead atoms. The van der Waals surface area contributed by atoms with E-state index < -0.39 is 0 Å². The van der Waals surface area contributed by atoms with Crippen molar-refractivity contribution in [2.24, 2.45) is 5.73 Å². The first-order valence-corrected chi connectivity index (χ1v) is 6.87. The van der Waals surface area contributed by atoms with Gasteiger partial charge in [-0.3, -0.25) is 0 Å². The van der Waals surface area contributed by atoms with Crippen LogP contribution < -0.4 is 5.73 Å². The Balaban J connectivity index is 1.88. The summed E-state index contributed by atoms with van der Waals surface area (Å²) in [5.41, 5.74) is 6.56. The van der Waals surface area contributed by atoms with Crippen molar-refractivity contribution in [3.05, 3.63) is 34.6 Å². The number of halogens is 2. The highest BCUT2D eigenvalue weighted by Gasteiger charge is 2.17. The van der Waals surface area contributed by atoms with Gasteiger partial charge in [-0.25, -0.2) is 4.39 Å². The number of ether oxygens (including phenoxy) is 1. The summed E-state index contributed by atoms with van der Waals surface area (Å²) in [6.45, 7) is 0.842. The zero-order valence-corrected chi connectivity index (χ0v) is 11.1. The molecule has 4 heteroatoms. The van der Waals surface area contributed by atoms with Gasteiger partial charge >= 0.3 is 0 Å². The second-order valence-electron chi connectivity index (χ2n) is 4.84. The molecule has 100 valence electrons. The van der Waals surface area contributed by atoms with E-state index in [1.54, 1.807) is 12.1 Å². The van der Waals surface area contributed by atoms with Crippen LogP contribution in [0.5, 0.6) is 0 Å². The third kappa shape index (κ3) is 3.67. The SMILES string of the molecule is NC(CCC1CCCCO1)c1ccc(Cl)cc1F. The Morgan fingerprint density at radius 3 is 2.94 bits per heavy atom. The molecule has 2 rings (SSSR count). The highest BCUT2D eigenvalue weighted by Crippen LogP contribution is 2.25. The summed E-state index contributed by atoms with van der Waals surface area (Å²) >= 11 is 5.72. The molecule has 1 aromatic carbocycles. The van der Waals surface area contributed by atoms with E-state index in [0.29, 0.717) is 16.7 Å². The van der Waals surface area contributed by atoms with Crippen molar-refractivity contribution in [2.45, 2.75) is 44.2 Å². The molecule has 1 aromatic rings. The van der Waals surface area contributed by atoms with Crippen molar-refractivity contribution in [3.8, 4) is 0 Å². The van der Waals surface area contributed by atoms with Crippen LogP contribution in [0, 0.1) is 5.82 Å². The Morgan fingerprint density at radius 2 is 2.28 bits per heavy atom. The van der Waals surface area contributed by atoms with Gasteiger partial charge in [-0.1, -0.05) is 17.7 Å². The number of hydrogen-bond acceptors (Lipinski definition) is 2. The van der Waals surface area contributed by atoms with E-state index in [9.17, 15) is 4.39 Å². The summed E-state index contributed by atoms with van der Waals surface area (Å²) in [4.78, 5) is 0. The summed E-state index contributed by atoms with van der Waals surface area (Å²) < 4.78 is 19.3. The smallest absolute Gasteiger partial charge is 0.129 e. The van der Waals surface area contributed by atoms with Gasteiger partial charge in [0.15, 0.2) is 0 Å². The van der Waals surface area contributed by atoms with Crippen molar-refractivity contribution in [2.75, 3.05) is 6.61 Å². The highest BCUT2D eigenvalue weighted by molar-refractivity contribution is 6.30. The minimum absolute atomic E-state index is 0.284. The molecule has 1 aliphatic rings. The van der Waals surface area contributed by atoms with Gasteiger partial charge in [0.05, 0.1) is 6.10 Å². The first kappa shape index (κ1) is 13.8. The van der Waals surface area contributed by atoms with Crippen LogP contribution in [0.15, 0.2) is 18.2 Å². The van der Waals surface area contributed by atoms with E-state index in [0.717, 1.165) is 32.3 Å². The van der Waals surface area contributed by atoms with Crippen molar-refractivity contribution in [1.82, 2.24) is 0 Å². The average Bonchev–Trinajstić information content (AvgIpc) is 2.37. The summed E-state index contributed by atoms with van der Waals surface area (Å²) in [5.74, 6) is -0.320. The molecule has 1 heterocycles. The Morgan fingerprint density at radius 1 is 1.44 bits per heavy atom. The molecule has 0 aliphatic carbocycles. The first-order valence-electron chi connectivity index (χ1n) is 6.49. The van der Waals surface area contributed by atoms with Crippen LogP contribution in [0.3, 0.4) is 0 Å². The van der Waals surface area contributed by atoms with E-state index in [-0.39, 0.29) is 11.9 Å². The van der Waals surface area contributed by atoms with Crippen LogP contribution in [-0.2, 0) is 4.74 Å². The Hall–Kier alpha value is -0.640. The number of hydrogen-bond donors (Lipinski definition) is 1. The molecule has 0 radical (unpaired) electrons. The van der Waals surface area contributed by atoms with Crippen LogP contribution in [0.4, 0.5) is 4.39 Å². The van der Waals surface area contributed by atoms with E-state index in [1.165, 1.54) is 12.5 Å². The zero-order chi connectivity index (χ0) is 13.0. The fourth-order valence-corrected chi connectivity index (χ4v) is 2.52. The number of rotatable bonds is 4. The molecule has 2 unspecified atom stereocenters. The quantitative estimate of drug-likeness (QED) is 0.903. The average molecular weight is 272 g/mol. The summed E-state index contributed by atoms with van der Waals surface area (Å²) in [6.07, 6.45) is 5.38. The van der Waals surface area contributed by atoms with Gasteiger partial charge in [0.1, 0.15) is 5.82 Å². The maximum absolute atomic E-state index is 13.7. The lowest BCUT2D eigenvalue weighted by Crippen LogP contribution is -2.21. The molecular formula is C14H19ClFNO. The normalized spacial score (nSPS) is 21.8. The lowest BCUT2D eigenvalue weighted by molar-refractivity contribution is 0.00908. The fourth-order valence-electron chi connectivity index (χ4n) is 2.36. The Labute approximate surface area is 112 Å². The van der Waals surface area contributed by atoms with Crippen LogP contribution >= 0.6 is 11.6 Å². The lowest BCUT2D eigenvalue weighted by Gasteiger charge is -2.24. The maximum Gasteiger partial charge on any atom is 0.129 e. The van der Waals surface area contributed by atoms with E-state index in [4.69, 9.17) is 22.1 Å². The topological polar surface area (TPSA) is 35.2 Å². The number of nitrogens with two attached hydrogens (primary N) is 1. The van der Waals surface area contributed by atoms with Crippen LogP contribution in [0.1, 0.15) is 43.7 Å². The van der Waals surface area contributed by atoms with Crippen LogP contribution in [-0.4, -0.2) is 12.7 Å². The molecule has 2 N–H and O–H groups in total. The zero-order valence-electron chi connectivity index (χ0n) is 10.4. The molecule has 2 atom stereocenters. The molecule has 18 heavy (non-hydrogen) atoms. The maximum atomic E-state index is 13.7. The van der Waals surface area contributed by atoms with Gasteiger partial charge in [0.25, 0.3) is 0 Å². The van der Waals surface area contributed by atoms with Crippen molar-refractivity contribution in [3.63, 3.8) is 0 Å². The van der Waals surface area contributed by atoms with E-state index >= 15 is 0 Å². The van der Waals surface area contributed by atoms with E-state index in [2.05, 4.69) is 0 Å². The van der Waals surface area contributed by atoms with Gasteiger partial charge in [0.2, 0.25) is 0 Å². The van der Waals surface area contributed by atoms with Crippen molar-refractivity contribution < 1.29 is 9.13 Å². The first-order chi connectivity index (χ1) is 8.66. The van der Waals surface area contributed by atoms with Gasteiger partial charge < -0.3 is 10.5 Å². The molecule has 0 saturated carbocycles. The molecule has 0 amide bonds. The largest absolute Gasteiger partial charge is 0.378 e. The Kier molecular flexibility index (Phi) is 4.98. The van der Waals surface area contributed by atoms with Gasteiger partial charge in [0, 0.05) is 23.2 Å². The predicted octanol–water partition coefficient (Wildman–Crippen LogP) is 3.83. The monoisotopic (exact) mass is 271 g/mol. The summed E-state index contributed by atoms with van der Waals surface area (Å²) in [7, 11) is 0. The van der Waals surface area contributed by atoms with Crippen molar-refractivity contribution >= 4 is 11.6 Å². The van der Waals surface area contributed by atoms with Gasteiger partial charge in [-0.2, -0.15) is 0 Å². The Bertz CT molecular complexity index is 393. The summed E-state index contributed by atoms with van der Waals surface area (Å²) in [5, 5.41) is 0.402. The standard InChI is InChI=1S/C14H19ClFNO/c15-10-4-6-12(13(16)9-10)14(17)7-5-11-3-1-2-8-18-11/h4,6,9,11,14H,1-3,5,7-8,17H2. The minimum atomic E-state index is -0.320. The molecule has 1 saturated heterocycles. The molecule has 2 nitrogen and oxygen atoms in total. The second kappa shape index (κ2) is 6.50. The minimum Gasteiger partial charge on any atom is -0.378 e. The molecule has 0 aromatic heterocycles.